The molecular formula is C14H24N2O3. The molecule has 0 spiro atoms. The van der Waals surface area contributed by atoms with Crippen LogP contribution in [0.4, 0.5) is 0 Å². The van der Waals surface area contributed by atoms with Gasteiger partial charge in [0.15, 0.2) is 0 Å². The monoisotopic (exact) mass is 268 g/mol. The summed E-state index contributed by atoms with van der Waals surface area (Å²) in [4.78, 5) is 27.9. The quantitative estimate of drug-likeness (QED) is 0.699. The fourth-order valence-electron chi connectivity index (χ4n) is 2.64. The molecule has 0 aromatic carbocycles. The first-order valence-electron chi connectivity index (χ1n) is 7.29. The van der Waals surface area contributed by atoms with Crippen molar-refractivity contribution in [3.63, 3.8) is 0 Å². The summed E-state index contributed by atoms with van der Waals surface area (Å²) < 4.78 is 5.11. The van der Waals surface area contributed by atoms with Crippen LogP contribution in [-0.4, -0.2) is 60.5 Å². The lowest BCUT2D eigenvalue weighted by molar-refractivity contribution is -0.152. The number of likely N-dealkylation sites (N-methyl/N-ethyl adjacent to an activating group) is 1. The molecule has 1 saturated heterocycles. The predicted octanol–water partition coefficient (Wildman–Crippen LogP) is 1.02. The van der Waals surface area contributed by atoms with Crippen molar-refractivity contribution in [2.45, 2.75) is 51.1 Å². The van der Waals surface area contributed by atoms with E-state index in [1.165, 1.54) is 0 Å². The number of amides is 1. The van der Waals surface area contributed by atoms with Crippen molar-refractivity contribution >= 4 is 11.9 Å². The molecule has 1 unspecified atom stereocenters. The van der Waals surface area contributed by atoms with E-state index in [0.717, 1.165) is 38.6 Å². The van der Waals surface area contributed by atoms with Gasteiger partial charge in [-0.2, -0.15) is 0 Å². The maximum Gasteiger partial charge on any atom is 0.323 e. The first-order valence-corrected chi connectivity index (χ1v) is 7.29. The van der Waals surface area contributed by atoms with Crippen LogP contribution in [0, 0.1) is 0 Å². The summed E-state index contributed by atoms with van der Waals surface area (Å²) in [5, 5.41) is 0. The Morgan fingerprint density at radius 1 is 1.26 bits per heavy atom. The van der Waals surface area contributed by atoms with E-state index in [9.17, 15) is 9.59 Å². The zero-order chi connectivity index (χ0) is 13.8. The Hall–Kier alpha value is -1.10. The van der Waals surface area contributed by atoms with Crippen molar-refractivity contribution in [3.8, 4) is 0 Å². The first kappa shape index (κ1) is 14.3. The molecule has 2 aliphatic rings. The average Bonchev–Trinajstić information content (AvgIpc) is 3.23. The van der Waals surface area contributed by atoms with E-state index in [2.05, 4.69) is 0 Å². The van der Waals surface area contributed by atoms with Crippen LogP contribution in [0.1, 0.15) is 39.0 Å². The highest BCUT2D eigenvalue weighted by Crippen LogP contribution is 2.26. The summed E-state index contributed by atoms with van der Waals surface area (Å²) in [6.45, 7) is 3.38. The summed E-state index contributed by atoms with van der Waals surface area (Å²) in [7, 11) is 1.86. The van der Waals surface area contributed by atoms with Gasteiger partial charge in [0, 0.05) is 13.1 Å². The molecule has 108 valence electrons. The first-order chi connectivity index (χ1) is 9.13. The number of ether oxygens (including phenoxy) is 1. The molecule has 1 atom stereocenters. The van der Waals surface area contributed by atoms with Gasteiger partial charge in [0.25, 0.3) is 0 Å². The molecular weight excluding hydrogens is 244 g/mol. The van der Waals surface area contributed by atoms with E-state index >= 15 is 0 Å². The number of likely N-dealkylation sites (tertiary alicyclic amines) is 1. The number of carbonyl (C=O) groups excluding carboxylic acids is 2. The van der Waals surface area contributed by atoms with E-state index in [-0.39, 0.29) is 17.9 Å². The second kappa shape index (κ2) is 6.37. The van der Waals surface area contributed by atoms with Crippen molar-refractivity contribution in [3.05, 3.63) is 0 Å². The van der Waals surface area contributed by atoms with Gasteiger partial charge in [-0.25, -0.2) is 0 Å². The molecule has 0 aromatic rings. The number of piperidine rings is 1. The van der Waals surface area contributed by atoms with Crippen LogP contribution in [0.2, 0.25) is 0 Å². The number of hydrogen-bond acceptors (Lipinski definition) is 4. The summed E-state index contributed by atoms with van der Waals surface area (Å²) >= 11 is 0. The standard InChI is InChI=1S/C14H24N2O3/c1-3-19-14(18)12-6-4-5-9-16(12)10-13(17)15(2)11-7-8-11/h11-12H,3-10H2,1-2H3. The zero-order valence-electron chi connectivity index (χ0n) is 11.9. The van der Waals surface area contributed by atoms with Crippen molar-refractivity contribution in [1.29, 1.82) is 0 Å². The summed E-state index contributed by atoms with van der Waals surface area (Å²) in [6, 6.07) is 0.198. The molecule has 1 heterocycles. The Bertz CT molecular complexity index is 342. The predicted molar refractivity (Wildman–Crippen MR) is 71.6 cm³/mol. The summed E-state index contributed by atoms with van der Waals surface area (Å²) in [5.74, 6) is -0.0530. The van der Waals surface area contributed by atoms with Gasteiger partial charge in [-0.1, -0.05) is 6.42 Å². The van der Waals surface area contributed by atoms with Gasteiger partial charge >= 0.3 is 5.97 Å². The Morgan fingerprint density at radius 3 is 2.63 bits per heavy atom. The molecule has 0 bridgehead atoms. The van der Waals surface area contributed by atoms with Crippen molar-refractivity contribution < 1.29 is 14.3 Å². The van der Waals surface area contributed by atoms with Gasteiger partial charge < -0.3 is 9.64 Å². The molecule has 1 aliphatic heterocycles. The molecule has 0 N–H and O–H groups in total. The number of rotatable bonds is 5. The summed E-state index contributed by atoms with van der Waals surface area (Å²) in [6.07, 6.45) is 5.12. The molecule has 5 nitrogen and oxygen atoms in total. The van der Waals surface area contributed by atoms with E-state index in [1.54, 1.807) is 0 Å². The van der Waals surface area contributed by atoms with Crippen molar-refractivity contribution in [2.75, 3.05) is 26.7 Å². The number of carbonyl (C=O) groups is 2. The minimum absolute atomic E-state index is 0.124. The highest BCUT2D eigenvalue weighted by atomic mass is 16.5. The highest BCUT2D eigenvalue weighted by Gasteiger charge is 2.34. The second-order valence-corrected chi connectivity index (χ2v) is 5.47. The molecule has 1 saturated carbocycles. The number of nitrogens with zero attached hydrogens (tertiary/aromatic N) is 2. The normalized spacial score (nSPS) is 24.0. The fraction of sp³-hybridized carbons (Fsp3) is 0.857. The second-order valence-electron chi connectivity index (χ2n) is 5.47. The van der Waals surface area contributed by atoms with Crippen LogP contribution < -0.4 is 0 Å². The molecule has 1 aliphatic carbocycles. The van der Waals surface area contributed by atoms with Crippen LogP contribution in [0.15, 0.2) is 0 Å². The summed E-state index contributed by atoms with van der Waals surface area (Å²) in [5.41, 5.74) is 0. The van der Waals surface area contributed by atoms with E-state index < -0.39 is 0 Å². The number of esters is 1. The van der Waals surface area contributed by atoms with Gasteiger partial charge in [-0.3, -0.25) is 14.5 Å². The largest absolute Gasteiger partial charge is 0.465 e. The zero-order valence-corrected chi connectivity index (χ0v) is 11.9. The van der Waals surface area contributed by atoms with Gasteiger partial charge in [0.05, 0.1) is 13.2 Å². The SMILES string of the molecule is CCOC(=O)C1CCCCN1CC(=O)N(C)C1CC1. The average molecular weight is 268 g/mol. The smallest absolute Gasteiger partial charge is 0.323 e. The van der Waals surface area contributed by atoms with Crippen LogP contribution in [0.25, 0.3) is 0 Å². The number of hydrogen-bond donors (Lipinski definition) is 0. The Morgan fingerprint density at radius 2 is 2.00 bits per heavy atom. The van der Waals surface area contributed by atoms with Crippen LogP contribution in [0.5, 0.6) is 0 Å². The molecule has 2 rings (SSSR count). The van der Waals surface area contributed by atoms with E-state index in [4.69, 9.17) is 4.74 Å². The van der Waals surface area contributed by atoms with Gasteiger partial charge in [0.2, 0.25) is 5.91 Å². The van der Waals surface area contributed by atoms with Crippen molar-refractivity contribution in [2.24, 2.45) is 0 Å². The Labute approximate surface area is 114 Å². The Kier molecular flexibility index (Phi) is 4.80. The van der Waals surface area contributed by atoms with Gasteiger partial charge in [-0.05, 0) is 39.2 Å². The molecule has 19 heavy (non-hydrogen) atoms. The topological polar surface area (TPSA) is 49.9 Å². The van der Waals surface area contributed by atoms with Gasteiger partial charge in [0.1, 0.15) is 6.04 Å². The maximum atomic E-state index is 12.2. The fourth-order valence-corrected chi connectivity index (χ4v) is 2.64. The van der Waals surface area contributed by atoms with Crippen molar-refractivity contribution in [1.82, 2.24) is 9.80 Å². The molecule has 5 heteroatoms. The molecule has 1 amide bonds. The maximum absolute atomic E-state index is 12.2. The van der Waals surface area contributed by atoms with E-state index in [0.29, 0.717) is 19.2 Å². The Balaban J connectivity index is 1.91. The van der Waals surface area contributed by atoms with Gasteiger partial charge in [-0.15, -0.1) is 0 Å². The lowest BCUT2D eigenvalue weighted by Gasteiger charge is -2.34. The highest BCUT2D eigenvalue weighted by molar-refractivity contribution is 5.81. The third kappa shape index (κ3) is 3.69. The van der Waals surface area contributed by atoms with Crippen LogP contribution in [-0.2, 0) is 14.3 Å². The minimum Gasteiger partial charge on any atom is -0.465 e. The third-order valence-corrected chi connectivity index (χ3v) is 4.00. The van der Waals surface area contributed by atoms with Crippen LogP contribution >= 0.6 is 0 Å². The lowest BCUT2D eigenvalue weighted by Crippen LogP contribution is -2.50. The minimum atomic E-state index is -0.231. The molecule has 2 fully saturated rings. The molecule has 0 radical (unpaired) electrons. The third-order valence-electron chi connectivity index (χ3n) is 4.00. The lowest BCUT2D eigenvalue weighted by atomic mass is 10.0. The van der Waals surface area contributed by atoms with E-state index in [1.807, 2.05) is 23.8 Å². The van der Waals surface area contributed by atoms with Crippen LogP contribution in [0.3, 0.4) is 0 Å². The molecule has 0 aromatic heterocycles.